The topological polar surface area (TPSA) is 83.4 Å². The lowest BCUT2D eigenvalue weighted by Crippen LogP contribution is -2.15. The number of aromatic nitrogens is 1. The second-order valence-corrected chi connectivity index (χ2v) is 4.96. The Labute approximate surface area is 118 Å². The quantitative estimate of drug-likeness (QED) is 0.618. The molecule has 0 aliphatic heterocycles. The Bertz CT molecular complexity index is 593. The number of anilines is 2. The van der Waals surface area contributed by atoms with Crippen LogP contribution in [0.2, 0.25) is 0 Å². The normalized spacial score (nSPS) is 12.4. The Balaban J connectivity index is 2.46. The zero-order valence-corrected chi connectivity index (χ0v) is 11.8. The summed E-state index contributed by atoms with van der Waals surface area (Å²) >= 11 is 0. The third-order valence-electron chi connectivity index (χ3n) is 3.33. The molecule has 0 saturated carbocycles. The molecule has 20 heavy (non-hydrogen) atoms. The lowest BCUT2D eigenvalue weighted by Gasteiger charge is -2.15. The van der Waals surface area contributed by atoms with Crippen LogP contribution in [0.4, 0.5) is 11.4 Å². The lowest BCUT2D eigenvalue weighted by atomic mass is 9.98. The molecular formula is C15H21N3O2. The molecule has 0 aliphatic rings. The first-order chi connectivity index (χ1) is 9.55. The summed E-state index contributed by atoms with van der Waals surface area (Å²) in [5.74, 6) is 0. The van der Waals surface area contributed by atoms with Crippen LogP contribution in [0.3, 0.4) is 0 Å². The van der Waals surface area contributed by atoms with E-state index in [2.05, 4.69) is 5.32 Å². The van der Waals surface area contributed by atoms with E-state index in [0.717, 1.165) is 22.4 Å². The molecule has 1 aromatic carbocycles. The number of nitrogen functional groups attached to an aromatic ring is 1. The fraction of sp³-hybridized carbons (Fsp3) is 0.333. The van der Waals surface area contributed by atoms with Crippen molar-refractivity contribution in [3.63, 3.8) is 0 Å². The molecule has 5 N–H and O–H groups in total. The predicted molar refractivity (Wildman–Crippen MR) is 81.6 cm³/mol. The van der Waals surface area contributed by atoms with E-state index in [1.165, 1.54) is 0 Å². The van der Waals surface area contributed by atoms with Crippen molar-refractivity contribution in [2.75, 3.05) is 24.7 Å². The summed E-state index contributed by atoms with van der Waals surface area (Å²) in [5.41, 5.74) is 10.6. The molecule has 0 saturated heterocycles. The number of hydrogen-bond donors (Lipinski definition) is 4. The van der Waals surface area contributed by atoms with Crippen LogP contribution >= 0.6 is 0 Å². The maximum Gasteiger partial charge on any atom is 0.0811 e. The standard InChI is InChI=1S/C15H21N3O2/c1-17-14-7-10(5-12(20)9-19)6-13(15(14)16)11-3-4-18(2)8-11/h3-4,6-8,12,17,19-20H,5,9,16H2,1-2H3. The summed E-state index contributed by atoms with van der Waals surface area (Å²) in [6, 6.07) is 5.86. The Morgan fingerprint density at radius 1 is 1.40 bits per heavy atom. The van der Waals surface area contributed by atoms with E-state index in [9.17, 15) is 5.11 Å². The molecule has 0 aliphatic carbocycles. The van der Waals surface area contributed by atoms with Crippen molar-refractivity contribution in [2.45, 2.75) is 12.5 Å². The highest BCUT2D eigenvalue weighted by Gasteiger charge is 2.12. The largest absolute Gasteiger partial charge is 0.397 e. The van der Waals surface area contributed by atoms with Crippen molar-refractivity contribution in [1.82, 2.24) is 4.57 Å². The van der Waals surface area contributed by atoms with Crippen molar-refractivity contribution in [1.29, 1.82) is 0 Å². The molecule has 1 unspecified atom stereocenters. The zero-order valence-electron chi connectivity index (χ0n) is 11.8. The molecule has 0 bridgehead atoms. The minimum atomic E-state index is -0.757. The van der Waals surface area contributed by atoms with Gasteiger partial charge in [-0.05, 0) is 23.8 Å². The number of nitrogens with zero attached hydrogens (tertiary/aromatic N) is 1. The second-order valence-electron chi connectivity index (χ2n) is 4.96. The molecule has 0 fully saturated rings. The minimum absolute atomic E-state index is 0.250. The number of nitrogens with one attached hydrogen (secondary N) is 1. The molecule has 0 spiro atoms. The number of benzene rings is 1. The minimum Gasteiger partial charge on any atom is -0.397 e. The first-order valence-electron chi connectivity index (χ1n) is 6.56. The first kappa shape index (κ1) is 14.4. The summed E-state index contributed by atoms with van der Waals surface area (Å²) in [7, 11) is 3.77. The monoisotopic (exact) mass is 275 g/mol. The van der Waals surface area contributed by atoms with Crippen LogP contribution in [0.1, 0.15) is 5.56 Å². The van der Waals surface area contributed by atoms with E-state index in [4.69, 9.17) is 10.8 Å². The predicted octanol–water partition coefficient (Wildman–Crippen LogP) is 1.21. The summed E-state index contributed by atoms with van der Waals surface area (Å²) < 4.78 is 1.96. The van der Waals surface area contributed by atoms with Gasteiger partial charge in [0, 0.05) is 44.0 Å². The smallest absolute Gasteiger partial charge is 0.0811 e. The fourth-order valence-corrected chi connectivity index (χ4v) is 2.28. The van der Waals surface area contributed by atoms with Gasteiger partial charge in [-0.1, -0.05) is 0 Å². The number of aliphatic hydroxyl groups is 2. The maximum atomic E-state index is 9.60. The summed E-state index contributed by atoms with van der Waals surface area (Å²) in [6.45, 7) is -0.250. The first-order valence-corrected chi connectivity index (χ1v) is 6.56. The third-order valence-corrected chi connectivity index (χ3v) is 3.33. The van der Waals surface area contributed by atoms with Gasteiger partial charge < -0.3 is 25.8 Å². The Kier molecular flexibility index (Phi) is 4.32. The van der Waals surface area contributed by atoms with Crippen LogP contribution in [0, 0.1) is 0 Å². The summed E-state index contributed by atoms with van der Waals surface area (Å²) in [5, 5.41) is 21.6. The number of aryl methyl sites for hydroxylation is 1. The highest BCUT2D eigenvalue weighted by atomic mass is 16.3. The van der Waals surface area contributed by atoms with Crippen molar-refractivity contribution >= 4 is 11.4 Å². The lowest BCUT2D eigenvalue weighted by molar-refractivity contribution is 0.0955. The Hall–Kier alpha value is -1.98. The highest BCUT2D eigenvalue weighted by molar-refractivity contribution is 5.86. The average Bonchev–Trinajstić information content (AvgIpc) is 2.86. The van der Waals surface area contributed by atoms with Gasteiger partial charge in [-0.15, -0.1) is 0 Å². The molecule has 1 aromatic heterocycles. The van der Waals surface area contributed by atoms with Crippen molar-refractivity contribution in [3.8, 4) is 11.1 Å². The molecule has 0 radical (unpaired) electrons. The van der Waals surface area contributed by atoms with Gasteiger partial charge in [-0.2, -0.15) is 0 Å². The number of hydrogen-bond acceptors (Lipinski definition) is 4. The molecule has 108 valence electrons. The maximum absolute atomic E-state index is 9.60. The number of rotatable bonds is 5. The van der Waals surface area contributed by atoms with Crippen LogP contribution in [0.5, 0.6) is 0 Å². The molecule has 1 heterocycles. The third kappa shape index (κ3) is 2.95. The molecule has 5 nitrogen and oxygen atoms in total. The van der Waals surface area contributed by atoms with E-state index < -0.39 is 6.10 Å². The summed E-state index contributed by atoms with van der Waals surface area (Å²) in [4.78, 5) is 0. The van der Waals surface area contributed by atoms with Crippen LogP contribution in [0.15, 0.2) is 30.6 Å². The molecule has 2 rings (SSSR count). The Morgan fingerprint density at radius 3 is 2.70 bits per heavy atom. The van der Waals surface area contributed by atoms with Crippen molar-refractivity contribution < 1.29 is 10.2 Å². The van der Waals surface area contributed by atoms with Crippen LogP contribution in [-0.2, 0) is 13.5 Å². The average molecular weight is 275 g/mol. The van der Waals surface area contributed by atoms with Gasteiger partial charge in [0.05, 0.1) is 24.1 Å². The molecule has 5 heteroatoms. The zero-order chi connectivity index (χ0) is 14.7. The van der Waals surface area contributed by atoms with E-state index >= 15 is 0 Å². The molecule has 2 aromatic rings. The number of aliphatic hydroxyl groups excluding tert-OH is 2. The van der Waals surface area contributed by atoms with Crippen LogP contribution in [-0.4, -0.2) is 34.5 Å². The van der Waals surface area contributed by atoms with E-state index in [1.54, 1.807) is 0 Å². The van der Waals surface area contributed by atoms with Gasteiger partial charge in [0.2, 0.25) is 0 Å². The SMILES string of the molecule is CNc1cc(CC(O)CO)cc(-c2ccn(C)c2)c1N. The van der Waals surface area contributed by atoms with Crippen molar-refractivity contribution in [2.24, 2.45) is 7.05 Å². The van der Waals surface area contributed by atoms with Gasteiger partial charge in [-0.3, -0.25) is 0 Å². The molecule has 1 atom stereocenters. The van der Waals surface area contributed by atoms with Crippen molar-refractivity contribution in [3.05, 3.63) is 36.2 Å². The van der Waals surface area contributed by atoms with Gasteiger partial charge in [0.25, 0.3) is 0 Å². The van der Waals surface area contributed by atoms with E-state index in [1.807, 2.05) is 49.3 Å². The Morgan fingerprint density at radius 2 is 2.15 bits per heavy atom. The van der Waals surface area contributed by atoms with E-state index in [0.29, 0.717) is 12.1 Å². The van der Waals surface area contributed by atoms with E-state index in [-0.39, 0.29) is 6.61 Å². The summed E-state index contributed by atoms with van der Waals surface area (Å²) in [6.07, 6.45) is 3.60. The van der Waals surface area contributed by atoms with Gasteiger partial charge in [-0.25, -0.2) is 0 Å². The molecular weight excluding hydrogens is 254 g/mol. The van der Waals surface area contributed by atoms with Gasteiger partial charge in [0.1, 0.15) is 0 Å². The van der Waals surface area contributed by atoms with Gasteiger partial charge in [0.15, 0.2) is 0 Å². The number of nitrogens with two attached hydrogens (primary N) is 1. The van der Waals surface area contributed by atoms with Gasteiger partial charge >= 0.3 is 0 Å². The fourth-order valence-electron chi connectivity index (χ4n) is 2.28. The van der Waals surface area contributed by atoms with Crippen LogP contribution < -0.4 is 11.1 Å². The molecule has 0 amide bonds. The second kappa shape index (κ2) is 5.98. The van der Waals surface area contributed by atoms with Crippen LogP contribution in [0.25, 0.3) is 11.1 Å². The highest BCUT2D eigenvalue weighted by Crippen LogP contribution is 2.33.